The molecule has 0 aliphatic carbocycles. The van der Waals surface area contributed by atoms with Crippen LogP contribution in [0.1, 0.15) is 24.1 Å². The maximum atomic E-state index is 6.28. The summed E-state index contributed by atoms with van der Waals surface area (Å²) in [6.45, 7) is 2.86. The normalized spacial score (nSPS) is 12.4. The second-order valence-electron chi connectivity index (χ2n) is 4.44. The Morgan fingerprint density at radius 2 is 2.16 bits per heavy atom. The first-order chi connectivity index (χ1) is 9.17. The zero-order valence-electron chi connectivity index (χ0n) is 11.1. The lowest BCUT2D eigenvalue weighted by Gasteiger charge is -2.10. The number of nitrogens with two attached hydrogens (primary N) is 1. The summed E-state index contributed by atoms with van der Waals surface area (Å²) in [5.41, 5.74) is 7.63. The first-order valence-corrected chi connectivity index (χ1v) is 7.50. The second kappa shape index (κ2) is 6.37. The molecule has 2 rings (SSSR count). The van der Waals surface area contributed by atoms with E-state index in [2.05, 4.69) is 17.2 Å². The molecule has 19 heavy (non-hydrogen) atoms. The minimum atomic E-state index is 0.385. The summed E-state index contributed by atoms with van der Waals surface area (Å²) in [6, 6.07) is 7.82. The third kappa shape index (κ3) is 3.08. The van der Waals surface area contributed by atoms with Gasteiger partial charge < -0.3 is 11.1 Å². The van der Waals surface area contributed by atoms with Crippen LogP contribution in [-0.2, 0) is 0 Å². The van der Waals surface area contributed by atoms with E-state index in [1.54, 1.807) is 11.3 Å². The van der Waals surface area contributed by atoms with Gasteiger partial charge in [0.2, 0.25) is 0 Å². The first kappa shape index (κ1) is 14.3. The molecule has 1 atom stereocenters. The van der Waals surface area contributed by atoms with Crippen LogP contribution in [0.3, 0.4) is 0 Å². The molecule has 1 aromatic carbocycles. The number of thiazole rings is 1. The Balaban J connectivity index is 2.49. The van der Waals surface area contributed by atoms with Gasteiger partial charge in [0.15, 0.2) is 5.13 Å². The van der Waals surface area contributed by atoms with Gasteiger partial charge in [-0.2, -0.15) is 0 Å². The average Bonchev–Trinajstić information content (AvgIpc) is 2.83. The summed E-state index contributed by atoms with van der Waals surface area (Å²) >= 11 is 7.96. The van der Waals surface area contributed by atoms with Crippen LogP contribution in [0.25, 0.3) is 11.3 Å². The molecule has 1 aromatic heterocycles. The van der Waals surface area contributed by atoms with Gasteiger partial charge in [-0.05, 0) is 24.9 Å². The summed E-state index contributed by atoms with van der Waals surface area (Å²) < 4.78 is 0. The summed E-state index contributed by atoms with van der Waals surface area (Å²) in [7, 11) is 1.88. The lowest BCUT2D eigenvalue weighted by molar-refractivity contribution is 0.701. The van der Waals surface area contributed by atoms with Gasteiger partial charge in [0.1, 0.15) is 0 Å². The Kier molecular flexibility index (Phi) is 4.80. The highest BCUT2D eigenvalue weighted by molar-refractivity contribution is 7.16. The molecule has 0 saturated carbocycles. The summed E-state index contributed by atoms with van der Waals surface area (Å²) in [5, 5.41) is 4.75. The molecule has 0 amide bonds. The topological polar surface area (TPSA) is 50.9 Å². The first-order valence-electron chi connectivity index (χ1n) is 6.30. The second-order valence-corrected chi connectivity index (χ2v) is 5.88. The highest BCUT2D eigenvalue weighted by atomic mass is 35.5. The molecule has 0 radical (unpaired) electrons. The highest BCUT2D eigenvalue weighted by Crippen LogP contribution is 2.39. The third-order valence-electron chi connectivity index (χ3n) is 3.04. The summed E-state index contributed by atoms with van der Waals surface area (Å²) in [5.74, 6) is 0.385. The van der Waals surface area contributed by atoms with Gasteiger partial charge in [-0.1, -0.05) is 36.7 Å². The van der Waals surface area contributed by atoms with Crippen LogP contribution in [0.2, 0.25) is 5.02 Å². The molecule has 0 spiro atoms. The monoisotopic (exact) mass is 295 g/mol. The van der Waals surface area contributed by atoms with E-state index in [-0.39, 0.29) is 0 Å². The van der Waals surface area contributed by atoms with Gasteiger partial charge in [0.25, 0.3) is 0 Å². The summed E-state index contributed by atoms with van der Waals surface area (Å²) in [4.78, 5) is 5.88. The zero-order chi connectivity index (χ0) is 13.8. The number of anilines is 1. The molecule has 3 nitrogen and oxygen atoms in total. The maximum absolute atomic E-state index is 6.28. The number of aromatic nitrogens is 1. The van der Waals surface area contributed by atoms with Gasteiger partial charge in [-0.15, -0.1) is 11.3 Å². The van der Waals surface area contributed by atoms with E-state index >= 15 is 0 Å². The van der Waals surface area contributed by atoms with E-state index in [4.69, 9.17) is 17.3 Å². The van der Waals surface area contributed by atoms with Crippen LogP contribution in [-0.4, -0.2) is 18.6 Å². The van der Waals surface area contributed by atoms with Crippen LogP contribution >= 0.6 is 22.9 Å². The highest BCUT2D eigenvalue weighted by Gasteiger charge is 2.19. The Hall–Kier alpha value is -1.10. The zero-order valence-corrected chi connectivity index (χ0v) is 12.7. The number of halogens is 1. The van der Waals surface area contributed by atoms with E-state index in [0.29, 0.717) is 12.5 Å². The quantitative estimate of drug-likeness (QED) is 0.878. The molecule has 102 valence electrons. The molecule has 0 aliphatic rings. The predicted octanol–water partition coefficient (Wildman–Crippen LogP) is 3.96. The average molecular weight is 296 g/mol. The lowest BCUT2D eigenvalue weighted by atomic mass is 10.0. The van der Waals surface area contributed by atoms with Crippen LogP contribution in [0.5, 0.6) is 0 Å². The SMILES string of the molecule is CNc1nc(-c2ccccc2Cl)c(C(C)CCN)s1. The van der Waals surface area contributed by atoms with E-state index in [9.17, 15) is 0 Å². The van der Waals surface area contributed by atoms with Crippen LogP contribution in [0, 0.1) is 0 Å². The van der Waals surface area contributed by atoms with Crippen molar-refractivity contribution in [3.63, 3.8) is 0 Å². The molecule has 1 unspecified atom stereocenters. The molecule has 0 fully saturated rings. The molecule has 2 aromatic rings. The fourth-order valence-electron chi connectivity index (χ4n) is 2.00. The van der Waals surface area contributed by atoms with Crippen molar-refractivity contribution in [2.45, 2.75) is 19.3 Å². The molecule has 0 aliphatic heterocycles. The maximum Gasteiger partial charge on any atom is 0.183 e. The Labute approximate surface area is 122 Å². The van der Waals surface area contributed by atoms with Gasteiger partial charge in [-0.25, -0.2) is 4.98 Å². The van der Waals surface area contributed by atoms with Crippen molar-refractivity contribution in [1.29, 1.82) is 0 Å². The minimum absolute atomic E-state index is 0.385. The van der Waals surface area contributed by atoms with Crippen molar-refractivity contribution in [2.75, 3.05) is 18.9 Å². The fourth-order valence-corrected chi connectivity index (χ4v) is 3.24. The van der Waals surface area contributed by atoms with Crippen molar-refractivity contribution in [3.8, 4) is 11.3 Å². The minimum Gasteiger partial charge on any atom is -0.365 e. The molecule has 1 heterocycles. The molecule has 5 heteroatoms. The Morgan fingerprint density at radius 1 is 1.42 bits per heavy atom. The molecule has 0 saturated heterocycles. The van der Waals surface area contributed by atoms with Crippen molar-refractivity contribution < 1.29 is 0 Å². The standard InChI is InChI=1S/C14H18ClN3S/c1-9(7-8-16)13-12(18-14(17-2)19-13)10-5-3-4-6-11(10)15/h3-6,9H,7-8,16H2,1-2H3,(H,17,18). The largest absolute Gasteiger partial charge is 0.365 e. The molecule has 0 bridgehead atoms. The summed E-state index contributed by atoms with van der Waals surface area (Å²) in [6.07, 6.45) is 0.947. The number of hydrogen-bond acceptors (Lipinski definition) is 4. The van der Waals surface area contributed by atoms with Gasteiger partial charge in [-0.3, -0.25) is 0 Å². The van der Waals surface area contributed by atoms with Crippen LogP contribution in [0.4, 0.5) is 5.13 Å². The molecule has 3 N–H and O–H groups in total. The number of hydrogen-bond donors (Lipinski definition) is 2. The van der Waals surface area contributed by atoms with Gasteiger partial charge in [0.05, 0.1) is 5.69 Å². The Bertz CT molecular complexity index is 553. The van der Waals surface area contributed by atoms with E-state index < -0.39 is 0 Å². The van der Waals surface area contributed by atoms with Gasteiger partial charge in [0, 0.05) is 22.5 Å². The van der Waals surface area contributed by atoms with E-state index in [0.717, 1.165) is 27.8 Å². The number of benzene rings is 1. The van der Waals surface area contributed by atoms with Crippen molar-refractivity contribution in [1.82, 2.24) is 4.98 Å². The number of nitrogens with zero attached hydrogens (tertiary/aromatic N) is 1. The van der Waals surface area contributed by atoms with E-state index in [1.165, 1.54) is 4.88 Å². The lowest BCUT2D eigenvalue weighted by Crippen LogP contribution is -2.04. The van der Waals surface area contributed by atoms with Crippen LogP contribution < -0.4 is 11.1 Å². The van der Waals surface area contributed by atoms with E-state index in [1.807, 2.05) is 31.3 Å². The fraction of sp³-hybridized carbons (Fsp3) is 0.357. The Morgan fingerprint density at radius 3 is 2.79 bits per heavy atom. The smallest absolute Gasteiger partial charge is 0.183 e. The number of rotatable bonds is 5. The third-order valence-corrected chi connectivity index (χ3v) is 4.68. The van der Waals surface area contributed by atoms with Crippen molar-refractivity contribution in [2.24, 2.45) is 5.73 Å². The van der Waals surface area contributed by atoms with Crippen molar-refractivity contribution in [3.05, 3.63) is 34.2 Å². The predicted molar refractivity (Wildman–Crippen MR) is 84.2 cm³/mol. The molecular formula is C14H18ClN3S. The van der Waals surface area contributed by atoms with Crippen molar-refractivity contribution >= 4 is 28.1 Å². The number of nitrogens with one attached hydrogen (secondary N) is 1. The van der Waals surface area contributed by atoms with Gasteiger partial charge >= 0.3 is 0 Å². The van der Waals surface area contributed by atoms with Crippen LogP contribution in [0.15, 0.2) is 24.3 Å². The molecular weight excluding hydrogens is 278 g/mol.